The van der Waals surface area contributed by atoms with Crippen molar-refractivity contribution in [3.8, 4) is 17.0 Å². The number of halogens is 1. The molecule has 2 heterocycles. The molecule has 1 radical (unpaired) electrons. The van der Waals surface area contributed by atoms with Gasteiger partial charge in [0.15, 0.2) is 0 Å². The topological polar surface area (TPSA) is 64.9 Å². The Morgan fingerprint density at radius 2 is 2.23 bits per heavy atom. The highest BCUT2D eigenvalue weighted by atomic mass is 35.5. The number of hydrogen-bond donors (Lipinski definition) is 1. The molecular formula is C15H13ClN5O. The average molecular weight is 315 g/mol. The Balaban J connectivity index is 1.95. The maximum atomic E-state index is 6.18. The molecule has 0 aliphatic carbocycles. The minimum absolute atomic E-state index is 0.424. The number of ether oxygens (including phenoxy) is 1. The quantitative estimate of drug-likeness (QED) is 0.801. The Kier molecular flexibility index (Phi) is 3.93. The molecule has 111 valence electrons. The van der Waals surface area contributed by atoms with Crippen LogP contribution in [0.2, 0.25) is 5.02 Å². The number of methoxy groups -OCH3 is 1. The van der Waals surface area contributed by atoms with Crippen LogP contribution >= 0.6 is 11.6 Å². The Bertz CT molecular complexity index is 802. The lowest BCUT2D eigenvalue weighted by Crippen LogP contribution is -2.00. The van der Waals surface area contributed by atoms with Crippen LogP contribution in [0.25, 0.3) is 11.3 Å². The normalized spacial score (nSPS) is 10.5. The van der Waals surface area contributed by atoms with Gasteiger partial charge in [-0.25, -0.2) is 9.97 Å². The van der Waals surface area contributed by atoms with Gasteiger partial charge in [-0.3, -0.25) is 4.68 Å². The Labute approximate surface area is 132 Å². The summed E-state index contributed by atoms with van der Waals surface area (Å²) in [6.07, 6.45) is 5.10. The highest BCUT2D eigenvalue weighted by Crippen LogP contribution is 2.29. The van der Waals surface area contributed by atoms with Gasteiger partial charge in [0, 0.05) is 18.8 Å². The van der Waals surface area contributed by atoms with Crippen molar-refractivity contribution in [1.82, 2.24) is 19.7 Å². The fraction of sp³-hybridized carbons (Fsp3) is 0.133. The molecule has 22 heavy (non-hydrogen) atoms. The van der Waals surface area contributed by atoms with Crippen LogP contribution in [-0.2, 0) is 7.05 Å². The zero-order valence-electron chi connectivity index (χ0n) is 12.0. The van der Waals surface area contributed by atoms with Crippen molar-refractivity contribution in [3.05, 3.63) is 47.9 Å². The number of nitrogens with one attached hydrogen (secondary N) is 1. The van der Waals surface area contributed by atoms with E-state index in [0.29, 0.717) is 22.4 Å². The number of aromatic nitrogens is 4. The molecule has 0 atom stereocenters. The SMILES string of the molecule is COc1c[c]ccc1Nc1ncc(Cl)c(-c2cnn(C)c2)n1. The van der Waals surface area contributed by atoms with Gasteiger partial charge >= 0.3 is 0 Å². The maximum Gasteiger partial charge on any atom is 0.227 e. The molecule has 0 saturated heterocycles. The van der Waals surface area contributed by atoms with Crippen LogP contribution in [-0.4, -0.2) is 26.9 Å². The van der Waals surface area contributed by atoms with E-state index in [1.165, 1.54) is 0 Å². The standard InChI is InChI=1S/C15H13ClN5O/c1-21-9-10(7-18-21)14-11(16)8-17-15(20-14)19-12-5-3-4-6-13(12)22-2/h3,5-9H,1-2H3,(H,17,19,20). The third-order valence-corrected chi connectivity index (χ3v) is 3.29. The first-order valence-corrected chi connectivity index (χ1v) is 6.88. The summed E-state index contributed by atoms with van der Waals surface area (Å²) in [5, 5.41) is 7.71. The monoisotopic (exact) mass is 314 g/mol. The van der Waals surface area contributed by atoms with Crippen LogP contribution in [0.1, 0.15) is 0 Å². The van der Waals surface area contributed by atoms with E-state index >= 15 is 0 Å². The van der Waals surface area contributed by atoms with Crippen LogP contribution in [0.4, 0.5) is 11.6 Å². The van der Waals surface area contributed by atoms with Gasteiger partial charge in [0.25, 0.3) is 0 Å². The van der Waals surface area contributed by atoms with Crippen molar-refractivity contribution < 1.29 is 4.74 Å². The molecule has 0 bridgehead atoms. The van der Waals surface area contributed by atoms with Crippen LogP contribution in [0, 0.1) is 6.07 Å². The molecule has 3 aromatic rings. The molecule has 0 fully saturated rings. The Morgan fingerprint density at radius 3 is 2.95 bits per heavy atom. The smallest absolute Gasteiger partial charge is 0.227 e. The van der Waals surface area contributed by atoms with Gasteiger partial charge in [0.2, 0.25) is 5.95 Å². The third kappa shape index (κ3) is 2.87. The zero-order chi connectivity index (χ0) is 15.5. The molecule has 0 aliphatic rings. The van der Waals surface area contributed by atoms with Crippen LogP contribution in [0.15, 0.2) is 36.8 Å². The van der Waals surface area contributed by atoms with Gasteiger partial charge in [-0.05, 0) is 18.2 Å². The third-order valence-electron chi connectivity index (χ3n) is 3.01. The van der Waals surface area contributed by atoms with E-state index < -0.39 is 0 Å². The number of rotatable bonds is 4. The summed E-state index contributed by atoms with van der Waals surface area (Å²) in [5.74, 6) is 1.08. The Hall–Kier alpha value is -2.60. The van der Waals surface area contributed by atoms with Crippen molar-refractivity contribution in [2.45, 2.75) is 0 Å². The Morgan fingerprint density at radius 1 is 1.36 bits per heavy atom. The number of anilines is 2. The minimum atomic E-state index is 0.424. The number of aryl methyl sites for hydroxylation is 1. The number of benzene rings is 1. The molecule has 2 aromatic heterocycles. The van der Waals surface area contributed by atoms with E-state index in [2.05, 4.69) is 26.4 Å². The van der Waals surface area contributed by atoms with Gasteiger partial charge < -0.3 is 10.1 Å². The summed E-state index contributed by atoms with van der Waals surface area (Å²) >= 11 is 6.18. The van der Waals surface area contributed by atoms with Gasteiger partial charge in [0.05, 0.1) is 35.9 Å². The molecule has 0 aliphatic heterocycles. The second-order valence-electron chi connectivity index (χ2n) is 4.54. The summed E-state index contributed by atoms with van der Waals surface area (Å²) in [5.41, 5.74) is 2.20. The van der Waals surface area contributed by atoms with Gasteiger partial charge in [-0.15, -0.1) is 0 Å². The van der Waals surface area contributed by atoms with E-state index in [1.54, 1.807) is 36.3 Å². The fourth-order valence-corrected chi connectivity index (χ4v) is 2.18. The van der Waals surface area contributed by atoms with Gasteiger partial charge in [0.1, 0.15) is 5.75 Å². The number of nitrogens with zero attached hydrogens (tertiary/aromatic N) is 4. The lowest BCUT2D eigenvalue weighted by molar-refractivity contribution is 0.416. The lowest BCUT2D eigenvalue weighted by Gasteiger charge is -2.10. The lowest BCUT2D eigenvalue weighted by atomic mass is 10.2. The van der Waals surface area contributed by atoms with Crippen molar-refractivity contribution in [3.63, 3.8) is 0 Å². The first kappa shape index (κ1) is 14.3. The minimum Gasteiger partial charge on any atom is -0.495 e. The summed E-state index contributed by atoms with van der Waals surface area (Å²) in [6, 6.07) is 8.30. The van der Waals surface area contributed by atoms with E-state index in [9.17, 15) is 0 Å². The highest BCUT2D eigenvalue weighted by molar-refractivity contribution is 6.32. The second kappa shape index (κ2) is 6.03. The van der Waals surface area contributed by atoms with Crippen molar-refractivity contribution in [2.24, 2.45) is 7.05 Å². The van der Waals surface area contributed by atoms with Crippen molar-refractivity contribution >= 4 is 23.2 Å². The van der Waals surface area contributed by atoms with Gasteiger partial charge in [-0.2, -0.15) is 5.10 Å². The van der Waals surface area contributed by atoms with E-state index in [-0.39, 0.29) is 0 Å². The molecule has 3 rings (SSSR count). The second-order valence-corrected chi connectivity index (χ2v) is 4.95. The molecule has 0 spiro atoms. The molecular weight excluding hydrogens is 302 g/mol. The zero-order valence-corrected chi connectivity index (χ0v) is 12.8. The molecule has 6 nitrogen and oxygen atoms in total. The predicted molar refractivity (Wildman–Crippen MR) is 84.4 cm³/mol. The summed E-state index contributed by atoms with van der Waals surface area (Å²) < 4.78 is 6.96. The van der Waals surface area contributed by atoms with Gasteiger partial charge in [-0.1, -0.05) is 17.7 Å². The summed E-state index contributed by atoms with van der Waals surface area (Å²) in [7, 11) is 3.43. The largest absolute Gasteiger partial charge is 0.495 e. The molecule has 1 aromatic carbocycles. The number of hydrogen-bond acceptors (Lipinski definition) is 5. The predicted octanol–water partition coefficient (Wildman–Crippen LogP) is 3.08. The fourth-order valence-electron chi connectivity index (χ4n) is 1.98. The van der Waals surface area contributed by atoms with Crippen LogP contribution < -0.4 is 10.1 Å². The van der Waals surface area contributed by atoms with Crippen LogP contribution in [0.3, 0.4) is 0 Å². The van der Waals surface area contributed by atoms with E-state index in [4.69, 9.17) is 16.3 Å². The first-order chi connectivity index (χ1) is 10.7. The summed E-state index contributed by atoms with van der Waals surface area (Å²) in [6.45, 7) is 0. The molecule has 0 amide bonds. The maximum absolute atomic E-state index is 6.18. The van der Waals surface area contributed by atoms with Crippen LogP contribution in [0.5, 0.6) is 5.75 Å². The molecule has 0 saturated carbocycles. The van der Waals surface area contributed by atoms with E-state index in [1.807, 2.05) is 19.3 Å². The van der Waals surface area contributed by atoms with E-state index in [0.717, 1.165) is 11.3 Å². The highest BCUT2D eigenvalue weighted by Gasteiger charge is 2.11. The first-order valence-electron chi connectivity index (χ1n) is 6.50. The van der Waals surface area contributed by atoms with Crippen molar-refractivity contribution in [2.75, 3.05) is 12.4 Å². The molecule has 7 heteroatoms. The van der Waals surface area contributed by atoms with Crippen molar-refractivity contribution in [1.29, 1.82) is 0 Å². The summed E-state index contributed by atoms with van der Waals surface area (Å²) in [4.78, 5) is 8.65. The molecule has 1 N–H and O–H groups in total. The average Bonchev–Trinajstić information content (AvgIpc) is 2.96. The molecule has 0 unspecified atom stereocenters.